The Labute approximate surface area is 111 Å². The Hall–Kier alpha value is -1.04. The van der Waals surface area contributed by atoms with E-state index in [1.165, 1.54) is 4.90 Å². The van der Waals surface area contributed by atoms with E-state index in [1.807, 2.05) is 6.26 Å². The number of nitrogens with one attached hydrogen (secondary N) is 1. The van der Waals surface area contributed by atoms with Gasteiger partial charge in [-0.25, -0.2) is 4.79 Å². The molecule has 3 atom stereocenters. The summed E-state index contributed by atoms with van der Waals surface area (Å²) in [6, 6.07) is -0.620. The number of barbiturate groups is 1. The molecule has 2 aliphatic rings. The number of carbonyl (C=O) groups is 3. The van der Waals surface area contributed by atoms with Gasteiger partial charge in [0.1, 0.15) is 5.92 Å². The van der Waals surface area contributed by atoms with Crippen LogP contribution in [0.3, 0.4) is 0 Å². The van der Waals surface area contributed by atoms with Crippen molar-refractivity contribution in [3.8, 4) is 0 Å². The van der Waals surface area contributed by atoms with Crippen LogP contribution in [0.4, 0.5) is 4.79 Å². The number of nitrogens with zero attached hydrogens (tertiary/aromatic N) is 1. The minimum absolute atomic E-state index is 0.0724. The van der Waals surface area contributed by atoms with E-state index in [0.717, 1.165) is 25.7 Å². The second kappa shape index (κ2) is 5.30. The average molecular weight is 270 g/mol. The first kappa shape index (κ1) is 13.4. The fourth-order valence-electron chi connectivity index (χ4n) is 2.66. The molecule has 0 aromatic carbocycles. The van der Waals surface area contributed by atoms with Crippen LogP contribution in [0.5, 0.6) is 0 Å². The molecule has 0 aromatic heterocycles. The monoisotopic (exact) mass is 270 g/mol. The van der Waals surface area contributed by atoms with E-state index in [9.17, 15) is 14.4 Å². The number of rotatable bonds is 2. The third-order valence-corrected chi connectivity index (χ3v) is 4.91. The van der Waals surface area contributed by atoms with Gasteiger partial charge < -0.3 is 0 Å². The van der Waals surface area contributed by atoms with E-state index in [2.05, 4.69) is 5.32 Å². The lowest BCUT2D eigenvalue weighted by Gasteiger charge is -2.40. The van der Waals surface area contributed by atoms with Crippen molar-refractivity contribution in [1.82, 2.24) is 10.2 Å². The minimum Gasteiger partial charge on any atom is -0.277 e. The summed E-state index contributed by atoms with van der Waals surface area (Å²) in [4.78, 5) is 36.7. The maximum absolute atomic E-state index is 12.1. The summed E-state index contributed by atoms with van der Waals surface area (Å²) in [5, 5.41) is 2.56. The Morgan fingerprint density at radius 3 is 2.56 bits per heavy atom. The Balaban J connectivity index is 2.22. The lowest BCUT2D eigenvalue weighted by atomic mass is 9.92. The van der Waals surface area contributed by atoms with Crippen LogP contribution >= 0.6 is 11.8 Å². The van der Waals surface area contributed by atoms with E-state index < -0.39 is 17.9 Å². The van der Waals surface area contributed by atoms with Crippen molar-refractivity contribution in [2.75, 3.05) is 6.26 Å². The first-order valence-corrected chi connectivity index (χ1v) is 7.55. The van der Waals surface area contributed by atoms with Gasteiger partial charge in [0.15, 0.2) is 0 Å². The largest absolute Gasteiger partial charge is 0.331 e. The third kappa shape index (κ3) is 2.25. The SMILES string of the molecule is CSC1CCCCC1N1C(=O)NC(=O)C(C)C1=O. The van der Waals surface area contributed by atoms with Crippen molar-refractivity contribution >= 4 is 29.6 Å². The fourth-order valence-corrected chi connectivity index (χ4v) is 3.63. The maximum atomic E-state index is 12.1. The van der Waals surface area contributed by atoms with Crippen molar-refractivity contribution in [3.63, 3.8) is 0 Å². The molecule has 1 aliphatic carbocycles. The summed E-state index contributed by atoms with van der Waals surface area (Å²) in [7, 11) is 0. The average Bonchev–Trinajstić information content (AvgIpc) is 2.37. The minimum atomic E-state index is -0.757. The van der Waals surface area contributed by atoms with Crippen LogP contribution in [0, 0.1) is 5.92 Å². The fraction of sp³-hybridized carbons (Fsp3) is 0.750. The summed E-state index contributed by atoms with van der Waals surface area (Å²) < 4.78 is 0. The van der Waals surface area contributed by atoms with Crippen molar-refractivity contribution < 1.29 is 14.4 Å². The molecular formula is C12H18N2O3S. The predicted molar refractivity (Wildman–Crippen MR) is 69.1 cm³/mol. The lowest BCUT2D eigenvalue weighted by molar-refractivity contribution is -0.143. The standard InChI is InChI=1S/C12H18N2O3S/c1-7-10(15)13-12(17)14(11(7)16)8-5-3-4-6-9(8)18-2/h7-9H,3-6H2,1-2H3,(H,13,15,17). The zero-order valence-electron chi connectivity index (χ0n) is 10.6. The van der Waals surface area contributed by atoms with Crippen LogP contribution in [-0.2, 0) is 9.59 Å². The zero-order valence-corrected chi connectivity index (χ0v) is 11.5. The smallest absolute Gasteiger partial charge is 0.277 e. The molecule has 2 rings (SSSR count). The Kier molecular flexibility index (Phi) is 3.94. The molecule has 1 N–H and O–H groups in total. The predicted octanol–water partition coefficient (Wildman–Crippen LogP) is 1.38. The maximum Gasteiger partial charge on any atom is 0.331 e. The molecule has 5 nitrogen and oxygen atoms in total. The Morgan fingerprint density at radius 1 is 1.22 bits per heavy atom. The number of hydrogen-bond donors (Lipinski definition) is 1. The van der Waals surface area contributed by atoms with E-state index in [1.54, 1.807) is 18.7 Å². The molecule has 1 saturated heterocycles. The normalized spacial score (nSPS) is 33.6. The van der Waals surface area contributed by atoms with Crippen LogP contribution in [0.15, 0.2) is 0 Å². The van der Waals surface area contributed by atoms with Crippen molar-refractivity contribution in [3.05, 3.63) is 0 Å². The van der Waals surface area contributed by atoms with Gasteiger partial charge in [0.25, 0.3) is 0 Å². The highest BCUT2D eigenvalue weighted by Gasteiger charge is 2.43. The summed E-state index contributed by atoms with van der Waals surface area (Å²) in [6.45, 7) is 1.55. The lowest BCUT2D eigenvalue weighted by Crippen LogP contribution is -2.62. The number of thioether (sulfide) groups is 1. The third-order valence-electron chi connectivity index (χ3n) is 3.75. The first-order valence-electron chi connectivity index (χ1n) is 6.27. The van der Waals surface area contributed by atoms with E-state index >= 15 is 0 Å². The molecule has 1 heterocycles. The second-order valence-electron chi connectivity index (χ2n) is 4.85. The van der Waals surface area contributed by atoms with E-state index in [-0.39, 0.29) is 17.2 Å². The van der Waals surface area contributed by atoms with Gasteiger partial charge in [-0.05, 0) is 26.0 Å². The molecule has 0 radical (unpaired) electrons. The second-order valence-corrected chi connectivity index (χ2v) is 5.93. The van der Waals surface area contributed by atoms with Crippen LogP contribution in [0.2, 0.25) is 0 Å². The summed E-state index contributed by atoms with van der Waals surface area (Å²) >= 11 is 1.69. The van der Waals surface area contributed by atoms with Crippen LogP contribution < -0.4 is 5.32 Å². The van der Waals surface area contributed by atoms with E-state index in [4.69, 9.17) is 0 Å². The summed E-state index contributed by atoms with van der Waals surface area (Å²) in [5.41, 5.74) is 0. The molecule has 2 fully saturated rings. The summed E-state index contributed by atoms with van der Waals surface area (Å²) in [6.07, 6.45) is 6.03. The number of amides is 4. The molecule has 3 unspecified atom stereocenters. The highest BCUT2D eigenvalue weighted by molar-refractivity contribution is 7.99. The Bertz CT molecular complexity index is 386. The van der Waals surface area contributed by atoms with Gasteiger partial charge in [-0.3, -0.25) is 19.8 Å². The molecule has 0 bridgehead atoms. The molecule has 4 amide bonds. The summed E-state index contributed by atoms with van der Waals surface area (Å²) in [5.74, 6) is -1.60. The van der Waals surface area contributed by atoms with Crippen molar-refractivity contribution in [2.24, 2.45) is 5.92 Å². The van der Waals surface area contributed by atoms with Gasteiger partial charge in [0.2, 0.25) is 11.8 Å². The molecular weight excluding hydrogens is 252 g/mol. The molecule has 1 saturated carbocycles. The number of imide groups is 2. The molecule has 1 aliphatic heterocycles. The van der Waals surface area contributed by atoms with E-state index in [0.29, 0.717) is 0 Å². The van der Waals surface area contributed by atoms with Crippen LogP contribution in [0.25, 0.3) is 0 Å². The van der Waals surface area contributed by atoms with Gasteiger partial charge in [-0.1, -0.05) is 12.8 Å². The van der Waals surface area contributed by atoms with Crippen LogP contribution in [0.1, 0.15) is 32.6 Å². The quantitative estimate of drug-likeness (QED) is 0.770. The highest BCUT2D eigenvalue weighted by Crippen LogP contribution is 2.32. The molecule has 0 spiro atoms. The molecule has 0 aromatic rings. The number of hydrogen-bond acceptors (Lipinski definition) is 4. The topological polar surface area (TPSA) is 66.5 Å². The Morgan fingerprint density at radius 2 is 1.89 bits per heavy atom. The van der Waals surface area contributed by atoms with Crippen molar-refractivity contribution in [2.45, 2.75) is 43.9 Å². The first-order chi connectivity index (χ1) is 8.56. The zero-order chi connectivity index (χ0) is 13.3. The van der Waals surface area contributed by atoms with Crippen LogP contribution in [-0.4, -0.2) is 40.3 Å². The van der Waals surface area contributed by atoms with Crippen molar-refractivity contribution in [1.29, 1.82) is 0 Å². The van der Waals surface area contributed by atoms with Gasteiger partial charge >= 0.3 is 6.03 Å². The number of carbonyl (C=O) groups excluding carboxylic acids is 3. The van der Waals surface area contributed by atoms with Gasteiger partial charge in [-0.15, -0.1) is 0 Å². The highest BCUT2D eigenvalue weighted by atomic mass is 32.2. The molecule has 100 valence electrons. The molecule has 18 heavy (non-hydrogen) atoms. The van der Waals surface area contributed by atoms with Gasteiger partial charge in [0.05, 0.1) is 6.04 Å². The molecule has 6 heteroatoms. The van der Waals surface area contributed by atoms with Gasteiger partial charge in [-0.2, -0.15) is 11.8 Å². The van der Waals surface area contributed by atoms with Gasteiger partial charge in [0, 0.05) is 5.25 Å². The number of urea groups is 1.